The molecule has 0 N–H and O–H groups in total. The van der Waals surface area contributed by atoms with Crippen molar-refractivity contribution in [3.05, 3.63) is 217 Å². The van der Waals surface area contributed by atoms with Gasteiger partial charge in [-0.25, -0.2) is 0 Å². The first-order valence-corrected chi connectivity index (χ1v) is 19.9. The molecule has 0 amide bonds. The Bertz CT molecular complexity index is 3250. The van der Waals surface area contributed by atoms with Crippen LogP contribution in [0.1, 0.15) is 17.0 Å². The normalized spacial score (nSPS) is 15.9. The summed E-state index contributed by atoms with van der Waals surface area (Å²) in [5.74, 6) is 0.229. The smallest absolute Gasteiger partial charge is 0.137 e. The van der Waals surface area contributed by atoms with E-state index in [-0.39, 0.29) is 12.0 Å². The first-order valence-electron chi connectivity index (χ1n) is 19.9. The van der Waals surface area contributed by atoms with E-state index >= 15 is 0 Å². The van der Waals surface area contributed by atoms with Crippen molar-refractivity contribution in [1.82, 2.24) is 0 Å². The van der Waals surface area contributed by atoms with E-state index in [0.717, 1.165) is 60.9 Å². The highest BCUT2D eigenvalue weighted by Gasteiger charge is 2.38. The van der Waals surface area contributed by atoms with Gasteiger partial charge in [-0.05, 0) is 107 Å². The van der Waals surface area contributed by atoms with Crippen LogP contribution in [-0.4, -0.2) is 6.04 Å². The number of anilines is 5. The third-order valence-electron chi connectivity index (χ3n) is 12.0. The fourth-order valence-electron chi connectivity index (χ4n) is 9.32. The standard InChI is InChI=1S/C54H36N2O2/c1-3-12-35(13-4-1)36-22-26-40(27-23-36)55(41-28-31-51-45(34-41)43-17-8-10-20-50(43)57-51)49-19-11-21-53-54(49)46-33-38(25-30-52(46)58-53)37-24-29-48-44(32-37)42-16-7-9-18-47(42)56(48)39-14-5-2-6-15-39/h1-34,44,48H. The van der Waals surface area contributed by atoms with E-state index in [9.17, 15) is 0 Å². The predicted molar refractivity (Wildman–Crippen MR) is 240 cm³/mol. The maximum atomic E-state index is 6.64. The van der Waals surface area contributed by atoms with Gasteiger partial charge in [0.2, 0.25) is 0 Å². The van der Waals surface area contributed by atoms with Crippen LogP contribution in [-0.2, 0) is 0 Å². The van der Waals surface area contributed by atoms with Crippen LogP contribution in [0.2, 0.25) is 0 Å². The monoisotopic (exact) mass is 744 g/mol. The van der Waals surface area contributed by atoms with E-state index in [1.54, 1.807) is 0 Å². The van der Waals surface area contributed by atoms with Crippen molar-refractivity contribution in [3.8, 4) is 11.1 Å². The number of furan rings is 2. The van der Waals surface area contributed by atoms with Crippen LogP contribution >= 0.6 is 0 Å². The molecule has 0 saturated heterocycles. The highest BCUT2D eigenvalue weighted by molar-refractivity contribution is 6.15. The van der Waals surface area contributed by atoms with Crippen LogP contribution in [0.5, 0.6) is 0 Å². The molecule has 3 heterocycles. The van der Waals surface area contributed by atoms with Gasteiger partial charge in [-0.2, -0.15) is 0 Å². The summed E-state index contributed by atoms with van der Waals surface area (Å²) in [6, 6.07) is 67.0. The Kier molecular flexibility index (Phi) is 7.32. The number of hydrogen-bond donors (Lipinski definition) is 0. The molecule has 0 saturated carbocycles. The zero-order valence-corrected chi connectivity index (χ0v) is 31.5. The summed E-state index contributed by atoms with van der Waals surface area (Å²) in [6.07, 6.45) is 7.15. The number of hydrogen-bond acceptors (Lipinski definition) is 4. The zero-order chi connectivity index (χ0) is 38.2. The summed E-state index contributed by atoms with van der Waals surface area (Å²) < 4.78 is 12.9. The maximum absolute atomic E-state index is 6.64. The molecule has 2 unspecified atom stereocenters. The van der Waals surface area contributed by atoms with Gasteiger partial charge in [0, 0.05) is 44.8 Å². The van der Waals surface area contributed by atoms with Crippen LogP contribution < -0.4 is 9.80 Å². The number of fused-ring (bicyclic) bond motifs is 9. The number of benzene rings is 8. The molecular weight excluding hydrogens is 709 g/mol. The van der Waals surface area contributed by atoms with Crippen LogP contribution in [0.3, 0.4) is 0 Å². The summed E-state index contributed by atoms with van der Waals surface area (Å²) in [7, 11) is 0. The minimum atomic E-state index is 0.208. The van der Waals surface area contributed by atoms with Gasteiger partial charge in [-0.3, -0.25) is 0 Å². The van der Waals surface area contributed by atoms with Crippen molar-refractivity contribution in [2.75, 3.05) is 9.80 Å². The minimum Gasteiger partial charge on any atom is -0.456 e. The Morgan fingerprint density at radius 3 is 2.00 bits per heavy atom. The Hall–Kier alpha value is -7.56. The fraction of sp³-hybridized carbons (Fsp3) is 0.0370. The molecule has 4 nitrogen and oxygen atoms in total. The predicted octanol–water partition coefficient (Wildman–Crippen LogP) is 14.9. The average Bonchev–Trinajstić information content (AvgIpc) is 3.96. The number of rotatable bonds is 6. The van der Waals surface area contributed by atoms with Crippen molar-refractivity contribution < 1.29 is 8.83 Å². The largest absolute Gasteiger partial charge is 0.456 e. The van der Waals surface area contributed by atoms with E-state index < -0.39 is 0 Å². The third-order valence-corrected chi connectivity index (χ3v) is 12.0. The topological polar surface area (TPSA) is 32.8 Å². The van der Waals surface area contributed by atoms with E-state index in [1.807, 2.05) is 12.1 Å². The van der Waals surface area contributed by atoms with E-state index in [1.165, 1.54) is 39.2 Å². The first kappa shape index (κ1) is 32.7. The van der Waals surface area contributed by atoms with Crippen molar-refractivity contribution in [3.63, 3.8) is 0 Å². The highest BCUT2D eigenvalue weighted by atomic mass is 16.3. The van der Waals surface area contributed by atoms with Crippen LogP contribution in [0, 0.1) is 0 Å². The molecule has 12 rings (SSSR count). The molecule has 10 aromatic rings. The zero-order valence-electron chi connectivity index (χ0n) is 31.5. The molecule has 8 aromatic carbocycles. The van der Waals surface area contributed by atoms with Gasteiger partial charge in [0.1, 0.15) is 22.3 Å². The van der Waals surface area contributed by atoms with Gasteiger partial charge in [-0.1, -0.05) is 127 Å². The Morgan fingerprint density at radius 1 is 0.466 bits per heavy atom. The number of allylic oxidation sites excluding steroid dienone is 2. The molecule has 274 valence electrons. The Balaban J connectivity index is 1.01. The summed E-state index contributed by atoms with van der Waals surface area (Å²) in [5, 5.41) is 4.34. The molecule has 0 radical (unpaired) electrons. The third kappa shape index (κ3) is 5.15. The SMILES string of the molecule is C1=CC2C(C=C1c1ccc3oc4cccc(N(c5ccc(-c6ccccc6)cc5)c5ccc6oc7ccccc7c6c5)c4c3c1)c1ccccc1N2c1ccccc1. The lowest BCUT2D eigenvalue weighted by molar-refractivity contribution is 0.668. The minimum absolute atomic E-state index is 0.208. The van der Waals surface area contributed by atoms with Crippen molar-refractivity contribution in [2.45, 2.75) is 12.0 Å². The van der Waals surface area contributed by atoms with Gasteiger partial charge in [0.15, 0.2) is 0 Å². The molecule has 2 aliphatic rings. The number of para-hydroxylation sites is 3. The molecule has 0 fully saturated rings. The van der Waals surface area contributed by atoms with Crippen molar-refractivity contribution in [1.29, 1.82) is 0 Å². The molecule has 2 aromatic heterocycles. The fourth-order valence-corrected chi connectivity index (χ4v) is 9.32. The quantitative estimate of drug-likeness (QED) is 0.170. The molecule has 2 atom stereocenters. The summed E-state index contributed by atoms with van der Waals surface area (Å²) in [4.78, 5) is 4.84. The van der Waals surface area contributed by atoms with Gasteiger partial charge in [0.25, 0.3) is 0 Å². The molecular formula is C54H36N2O2. The molecule has 1 aliphatic carbocycles. The van der Waals surface area contributed by atoms with Crippen LogP contribution in [0.4, 0.5) is 28.4 Å². The highest BCUT2D eigenvalue weighted by Crippen LogP contribution is 2.50. The van der Waals surface area contributed by atoms with Gasteiger partial charge < -0.3 is 18.6 Å². The van der Waals surface area contributed by atoms with Gasteiger partial charge in [0.05, 0.1) is 17.1 Å². The lowest BCUT2D eigenvalue weighted by Crippen LogP contribution is -2.28. The molecule has 58 heavy (non-hydrogen) atoms. The van der Waals surface area contributed by atoms with E-state index in [4.69, 9.17) is 8.83 Å². The average molecular weight is 745 g/mol. The van der Waals surface area contributed by atoms with E-state index in [2.05, 4.69) is 204 Å². The molecule has 0 spiro atoms. The van der Waals surface area contributed by atoms with Crippen molar-refractivity contribution in [2.24, 2.45) is 0 Å². The number of nitrogens with zero attached hydrogens (tertiary/aromatic N) is 2. The van der Waals surface area contributed by atoms with Gasteiger partial charge in [-0.15, -0.1) is 0 Å². The second-order valence-corrected chi connectivity index (χ2v) is 15.3. The second kappa shape index (κ2) is 13.0. The van der Waals surface area contributed by atoms with E-state index in [0.29, 0.717) is 0 Å². The second-order valence-electron chi connectivity index (χ2n) is 15.3. The molecule has 4 heteroatoms. The maximum Gasteiger partial charge on any atom is 0.137 e. The lowest BCUT2D eigenvalue weighted by Gasteiger charge is -2.29. The Morgan fingerprint density at radius 2 is 1.12 bits per heavy atom. The summed E-state index contributed by atoms with van der Waals surface area (Å²) >= 11 is 0. The first-order chi connectivity index (χ1) is 28.7. The summed E-state index contributed by atoms with van der Waals surface area (Å²) in [6.45, 7) is 0. The lowest BCUT2D eigenvalue weighted by atomic mass is 9.86. The van der Waals surface area contributed by atoms with Crippen molar-refractivity contribution >= 4 is 77.9 Å². The Labute approximate surface area is 335 Å². The van der Waals surface area contributed by atoms with Gasteiger partial charge >= 0.3 is 0 Å². The molecule has 0 bridgehead atoms. The summed E-state index contributed by atoms with van der Waals surface area (Å²) in [5.41, 5.74) is 15.2. The molecule has 1 aliphatic heterocycles. The van der Waals surface area contributed by atoms with Crippen LogP contribution in [0.25, 0.3) is 60.6 Å². The van der Waals surface area contributed by atoms with Crippen LogP contribution in [0.15, 0.2) is 215 Å².